The summed E-state index contributed by atoms with van der Waals surface area (Å²) < 4.78 is 13.3. The van der Waals surface area contributed by atoms with E-state index in [1.807, 2.05) is 6.07 Å². The van der Waals surface area contributed by atoms with E-state index in [2.05, 4.69) is 26.1 Å². The maximum atomic E-state index is 13.3. The van der Waals surface area contributed by atoms with Crippen molar-refractivity contribution in [3.05, 3.63) is 34.6 Å². The average Bonchev–Trinajstić information content (AvgIpc) is 2.31. The van der Waals surface area contributed by atoms with E-state index in [0.29, 0.717) is 12.0 Å². The van der Waals surface area contributed by atoms with Gasteiger partial charge in [0.15, 0.2) is 0 Å². The van der Waals surface area contributed by atoms with Crippen LogP contribution in [0.3, 0.4) is 0 Å². The van der Waals surface area contributed by atoms with E-state index in [1.54, 1.807) is 6.07 Å². The lowest BCUT2D eigenvalue weighted by atomic mass is 9.95. The number of rotatable bonds is 6. The molecule has 0 heterocycles. The largest absolute Gasteiger partial charge is 0.314 e. The minimum absolute atomic E-state index is 0.266. The summed E-state index contributed by atoms with van der Waals surface area (Å²) in [5, 5.41) is 3.72. The van der Waals surface area contributed by atoms with Gasteiger partial charge in [-0.2, -0.15) is 0 Å². The van der Waals surface area contributed by atoms with Crippen molar-refractivity contribution < 1.29 is 4.39 Å². The van der Waals surface area contributed by atoms with Gasteiger partial charge in [-0.25, -0.2) is 4.39 Å². The number of benzene rings is 1. The first-order valence-corrected chi connectivity index (χ1v) is 6.60. The highest BCUT2D eigenvalue weighted by Crippen LogP contribution is 2.23. The van der Waals surface area contributed by atoms with E-state index in [9.17, 15) is 4.39 Å². The molecule has 96 valence electrons. The van der Waals surface area contributed by atoms with Crippen molar-refractivity contribution >= 4 is 11.6 Å². The fourth-order valence-electron chi connectivity index (χ4n) is 1.80. The van der Waals surface area contributed by atoms with Gasteiger partial charge >= 0.3 is 0 Å². The molecular weight excluding hydrogens is 237 g/mol. The number of hydrogen-bond acceptors (Lipinski definition) is 1. The highest BCUT2D eigenvalue weighted by Gasteiger charge is 2.14. The zero-order valence-corrected chi connectivity index (χ0v) is 11.5. The van der Waals surface area contributed by atoms with Gasteiger partial charge in [0.25, 0.3) is 0 Å². The van der Waals surface area contributed by atoms with Crippen LogP contribution in [0.15, 0.2) is 18.2 Å². The Morgan fingerprint density at radius 1 is 1.35 bits per heavy atom. The molecule has 0 radical (unpaired) electrons. The first-order valence-electron chi connectivity index (χ1n) is 6.22. The SMILES string of the molecule is CCCNC(C)C(C)Cc1cccc(F)c1Cl. The molecule has 1 aromatic rings. The van der Waals surface area contributed by atoms with Crippen LogP contribution in [-0.2, 0) is 6.42 Å². The van der Waals surface area contributed by atoms with E-state index < -0.39 is 0 Å². The molecule has 0 aromatic heterocycles. The van der Waals surface area contributed by atoms with Crippen molar-refractivity contribution in [2.75, 3.05) is 6.54 Å². The standard InChI is InChI=1S/C14H21ClFN/c1-4-8-17-11(3)10(2)9-12-6-5-7-13(16)14(12)15/h5-7,10-11,17H,4,8-9H2,1-3H3. The summed E-state index contributed by atoms with van der Waals surface area (Å²) in [7, 11) is 0. The molecule has 0 amide bonds. The molecule has 2 unspecified atom stereocenters. The highest BCUT2D eigenvalue weighted by molar-refractivity contribution is 6.31. The second-order valence-corrected chi connectivity index (χ2v) is 5.02. The zero-order chi connectivity index (χ0) is 12.8. The molecular formula is C14H21ClFN. The summed E-state index contributed by atoms with van der Waals surface area (Å²) in [6.07, 6.45) is 1.92. The first kappa shape index (κ1) is 14.5. The van der Waals surface area contributed by atoms with Crippen molar-refractivity contribution in [2.45, 2.75) is 39.7 Å². The molecule has 1 nitrogen and oxygen atoms in total. The Morgan fingerprint density at radius 2 is 2.06 bits per heavy atom. The quantitative estimate of drug-likeness (QED) is 0.811. The van der Waals surface area contributed by atoms with Crippen molar-refractivity contribution in [1.29, 1.82) is 0 Å². The smallest absolute Gasteiger partial charge is 0.142 e. The van der Waals surface area contributed by atoms with Gasteiger partial charge in [-0.05, 0) is 43.9 Å². The summed E-state index contributed by atoms with van der Waals surface area (Å²) in [5.74, 6) is 0.103. The van der Waals surface area contributed by atoms with Crippen LogP contribution in [0, 0.1) is 11.7 Å². The minimum atomic E-state index is -0.328. The van der Waals surface area contributed by atoms with Crippen LogP contribution < -0.4 is 5.32 Å². The van der Waals surface area contributed by atoms with Crippen molar-refractivity contribution in [3.8, 4) is 0 Å². The van der Waals surface area contributed by atoms with Gasteiger partial charge in [-0.3, -0.25) is 0 Å². The van der Waals surface area contributed by atoms with E-state index in [0.717, 1.165) is 24.9 Å². The fraction of sp³-hybridized carbons (Fsp3) is 0.571. The Morgan fingerprint density at radius 3 is 2.71 bits per heavy atom. The van der Waals surface area contributed by atoms with Crippen LogP contribution >= 0.6 is 11.6 Å². The van der Waals surface area contributed by atoms with E-state index in [-0.39, 0.29) is 10.8 Å². The molecule has 17 heavy (non-hydrogen) atoms. The third-order valence-corrected chi connectivity index (χ3v) is 3.57. The highest BCUT2D eigenvalue weighted by atomic mass is 35.5. The zero-order valence-electron chi connectivity index (χ0n) is 10.8. The van der Waals surface area contributed by atoms with Gasteiger partial charge in [0, 0.05) is 6.04 Å². The number of hydrogen-bond donors (Lipinski definition) is 1. The molecule has 0 saturated carbocycles. The van der Waals surface area contributed by atoms with E-state index in [1.165, 1.54) is 6.07 Å². The molecule has 2 atom stereocenters. The predicted molar refractivity (Wildman–Crippen MR) is 72.0 cm³/mol. The van der Waals surface area contributed by atoms with Crippen LogP contribution in [0.1, 0.15) is 32.8 Å². The van der Waals surface area contributed by atoms with Crippen LogP contribution in [0.25, 0.3) is 0 Å². The van der Waals surface area contributed by atoms with Gasteiger partial charge in [0.2, 0.25) is 0 Å². The molecule has 1 aromatic carbocycles. The summed E-state index contributed by atoms with van der Waals surface area (Å²) in [6, 6.07) is 5.42. The lowest BCUT2D eigenvalue weighted by molar-refractivity contribution is 0.398. The molecule has 0 aliphatic carbocycles. The van der Waals surface area contributed by atoms with E-state index in [4.69, 9.17) is 11.6 Å². The topological polar surface area (TPSA) is 12.0 Å². The van der Waals surface area contributed by atoms with Gasteiger partial charge in [0.05, 0.1) is 5.02 Å². The van der Waals surface area contributed by atoms with Crippen molar-refractivity contribution in [1.82, 2.24) is 5.32 Å². The molecule has 0 saturated heterocycles. The molecule has 1 N–H and O–H groups in total. The Labute approximate surface area is 108 Å². The second kappa shape index (κ2) is 6.97. The Hall–Kier alpha value is -0.600. The first-order chi connectivity index (χ1) is 8.06. The second-order valence-electron chi connectivity index (χ2n) is 4.64. The molecule has 0 fully saturated rings. The molecule has 0 spiro atoms. The van der Waals surface area contributed by atoms with Crippen LogP contribution in [-0.4, -0.2) is 12.6 Å². The molecule has 0 aliphatic rings. The molecule has 0 aliphatic heterocycles. The Balaban J connectivity index is 2.61. The van der Waals surface area contributed by atoms with E-state index >= 15 is 0 Å². The summed E-state index contributed by atoms with van der Waals surface area (Å²) in [4.78, 5) is 0. The Bertz CT molecular complexity index is 354. The fourth-order valence-corrected chi connectivity index (χ4v) is 2.01. The molecule has 3 heteroatoms. The molecule has 0 bridgehead atoms. The van der Waals surface area contributed by atoms with Gasteiger partial charge in [-0.15, -0.1) is 0 Å². The maximum absolute atomic E-state index is 13.3. The summed E-state index contributed by atoms with van der Waals surface area (Å²) in [6.45, 7) is 7.48. The monoisotopic (exact) mass is 257 g/mol. The van der Waals surface area contributed by atoms with Crippen LogP contribution in [0.5, 0.6) is 0 Å². The van der Waals surface area contributed by atoms with Crippen molar-refractivity contribution in [3.63, 3.8) is 0 Å². The third-order valence-electron chi connectivity index (χ3n) is 3.14. The van der Waals surface area contributed by atoms with Gasteiger partial charge < -0.3 is 5.32 Å². The predicted octanol–water partition coefficient (Wildman–Crippen LogP) is 4.05. The van der Waals surface area contributed by atoms with Crippen molar-refractivity contribution in [2.24, 2.45) is 5.92 Å². The lowest BCUT2D eigenvalue weighted by Crippen LogP contribution is -2.33. The number of nitrogens with one attached hydrogen (secondary N) is 1. The maximum Gasteiger partial charge on any atom is 0.142 e. The third kappa shape index (κ3) is 4.29. The lowest BCUT2D eigenvalue weighted by Gasteiger charge is -2.21. The normalized spacial score (nSPS) is 14.6. The Kier molecular flexibility index (Phi) is 5.93. The molecule has 1 rings (SSSR count). The van der Waals surface area contributed by atoms with Crippen LogP contribution in [0.2, 0.25) is 5.02 Å². The summed E-state index contributed by atoms with van der Waals surface area (Å²) >= 11 is 5.95. The minimum Gasteiger partial charge on any atom is -0.314 e. The summed E-state index contributed by atoms with van der Waals surface area (Å²) in [5.41, 5.74) is 0.893. The number of halogens is 2. The average molecular weight is 258 g/mol. The van der Waals surface area contributed by atoms with Gasteiger partial charge in [0.1, 0.15) is 5.82 Å². The van der Waals surface area contributed by atoms with Gasteiger partial charge in [-0.1, -0.05) is 37.6 Å². The van der Waals surface area contributed by atoms with Crippen LogP contribution in [0.4, 0.5) is 4.39 Å².